The number of carboxylic acid groups (broad SMARTS) is 1. The van der Waals surface area contributed by atoms with Crippen LogP contribution in [0.15, 0.2) is 0 Å². The van der Waals surface area contributed by atoms with E-state index in [4.69, 9.17) is 5.11 Å². The van der Waals surface area contributed by atoms with E-state index in [0.29, 0.717) is 0 Å². The molecular formula is C3H5IO3. The quantitative estimate of drug-likeness (QED) is 0.695. The minimum absolute atomic E-state index is 0.694. The summed E-state index contributed by atoms with van der Waals surface area (Å²) in [6, 6.07) is 0. The summed E-state index contributed by atoms with van der Waals surface area (Å²) in [6.07, 6.45) is -0.694. The minimum Gasteiger partial charge on any atom is -0.479 e. The normalized spacial score (nSPS) is 13.4. The van der Waals surface area contributed by atoms with Crippen molar-refractivity contribution in [1.29, 1.82) is 0 Å². The van der Waals surface area contributed by atoms with Crippen LogP contribution in [0, 0.1) is 0 Å². The van der Waals surface area contributed by atoms with Gasteiger partial charge in [-0.2, -0.15) is 0 Å². The summed E-state index contributed by atoms with van der Waals surface area (Å²) >= 11 is 1.55. The Labute approximate surface area is 55.4 Å². The molecule has 0 aromatic heterocycles. The van der Waals surface area contributed by atoms with Gasteiger partial charge in [0.2, 0.25) is 0 Å². The summed E-state index contributed by atoms with van der Waals surface area (Å²) in [7, 11) is 0. The van der Waals surface area contributed by atoms with Crippen LogP contribution in [0.25, 0.3) is 0 Å². The lowest BCUT2D eigenvalue weighted by Crippen LogP contribution is -2.14. The highest BCUT2D eigenvalue weighted by molar-refractivity contribution is 14.1. The topological polar surface area (TPSA) is 46.5 Å². The number of carbonyl (C=O) groups is 1. The van der Waals surface area contributed by atoms with E-state index in [1.807, 2.05) is 0 Å². The van der Waals surface area contributed by atoms with Gasteiger partial charge < -0.3 is 8.17 Å². The molecular weight excluding hydrogens is 211 g/mol. The first-order chi connectivity index (χ1) is 3.18. The van der Waals surface area contributed by atoms with E-state index in [9.17, 15) is 4.79 Å². The average molecular weight is 216 g/mol. The summed E-state index contributed by atoms with van der Waals surface area (Å²) < 4.78 is 4.38. The molecule has 0 aliphatic heterocycles. The van der Waals surface area contributed by atoms with Crippen LogP contribution in [0.2, 0.25) is 0 Å². The predicted molar refractivity (Wildman–Crippen MR) is 32.2 cm³/mol. The number of rotatable bonds is 2. The third-order valence-corrected chi connectivity index (χ3v) is 1.24. The Kier molecular flexibility index (Phi) is 3.27. The second-order valence-electron chi connectivity index (χ2n) is 1.07. The predicted octanol–water partition coefficient (Wildman–Crippen LogP) is 0.826. The van der Waals surface area contributed by atoms with Crippen molar-refractivity contribution >= 4 is 29.0 Å². The summed E-state index contributed by atoms with van der Waals surface area (Å²) in [4.78, 5) is 9.80. The van der Waals surface area contributed by atoms with Crippen molar-refractivity contribution in [2.24, 2.45) is 0 Å². The van der Waals surface area contributed by atoms with Gasteiger partial charge in [0, 0.05) is 0 Å². The Morgan fingerprint density at radius 1 is 2.00 bits per heavy atom. The zero-order chi connectivity index (χ0) is 5.86. The molecule has 0 rings (SSSR count). The van der Waals surface area contributed by atoms with Crippen molar-refractivity contribution in [2.45, 2.75) is 13.0 Å². The third kappa shape index (κ3) is 2.81. The molecule has 7 heavy (non-hydrogen) atoms. The van der Waals surface area contributed by atoms with Gasteiger partial charge in [-0.1, -0.05) is 0 Å². The van der Waals surface area contributed by atoms with Gasteiger partial charge in [0.15, 0.2) is 6.10 Å². The van der Waals surface area contributed by atoms with E-state index in [2.05, 4.69) is 3.07 Å². The van der Waals surface area contributed by atoms with Crippen LogP contribution in [0.1, 0.15) is 6.92 Å². The van der Waals surface area contributed by atoms with Crippen LogP contribution in [0.3, 0.4) is 0 Å². The Bertz CT molecular complexity index is 72.6. The Morgan fingerprint density at radius 3 is 2.43 bits per heavy atom. The second kappa shape index (κ2) is 3.20. The first-order valence-corrected chi connectivity index (χ1v) is 2.56. The molecule has 0 aliphatic rings. The molecule has 4 heteroatoms. The van der Waals surface area contributed by atoms with Crippen LogP contribution in [0.4, 0.5) is 0 Å². The smallest absolute Gasteiger partial charge is 0.333 e. The van der Waals surface area contributed by atoms with E-state index >= 15 is 0 Å². The Balaban J connectivity index is 3.34. The van der Waals surface area contributed by atoms with E-state index in [1.54, 1.807) is 23.0 Å². The molecule has 0 saturated heterocycles. The maximum Gasteiger partial charge on any atom is 0.333 e. The lowest BCUT2D eigenvalue weighted by Gasteiger charge is -1.96. The molecule has 0 spiro atoms. The highest BCUT2D eigenvalue weighted by Gasteiger charge is 2.07. The Morgan fingerprint density at radius 2 is 2.43 bits per heavy atom. The van der Waals surface area contributed by atoms with Crippen LogP contribution >= 0.6 is 23.0 Å². The highest BCUT2D eigenvalue weighted by atomic mass is 127. The summed E-state index contributed by atoms with van der Waals surface area (Å²) in [5.41, 5.74) is 0. The summed E-state index contributed by atoms with van der Waals surface area (Å²) in [6.45, 7) is 1.47. The largest absolute Gasteiger partial charge is 0.479 e. The van der Waals surface area contributed by atoms with Crippen molar-refractivity contribution in [1.82, 2.24) is 0 Å². The van der Waals surface area contributed by atoms with Crippen molar-refractivity contribution in [3.63, 3.8) is 0 Å². The van der Waals surface area contributed by atoms with Gasteiger partial charge in [0.25, 0.3) is 0 Å². The lowest BCUT2D eigenvalue weighted by atomic mass is 10.4. The molecule has 0 aromatic carbocycles. The number of carboxylic acids is 1. The molecule has 0 radical (unpaired) electrons. The molecule has 42 valence electrons. The second-order valence-corrected chi connectivity index (χ2v) is 1.58. The van der Waals surface area contributed by atoms with E-state index < -0.39 is 12.1 Å². The standard InChI is InChI=1S/C3H5IO3/c1-2(7-4)3(5)6/h2H,1H3,(H,5,6). The molecule has 0 aliphatic carbocycles. The molecule has 0 heterocycles. The van der Waals surface area contributed by atoms with Gasteiger partial charge in [0.1, 0.15) is 23.0 Å². The fourth-order valence-corrected chi connectivity index (χ4v) is 0.256. The van der Waals surface area contributed by atoms with Gasteiger partial charge in [-0.3, -0.25) is 0 Å². The zero-order valence-corrected chi connectivity index (χ0v) is 5.88. The molecule has 1 atom stereocenters. The van der Waals surface area contributed by atoms with Gasteiger partial charge >= 0.3 is 5.97 Å². The molecule has 0 saturated carbocycles. The van der Waals surface area contributed by atoms with Crippen molar-refractivity contribution in [2.75, 3.05) is 0 Å². The van der Waals surface area contributed by atoms with Gasteiger partial charge in [0.05, 0.1) is 0 Å². The van der Waals surface area contributed by atoms with Crippen molar-refractivity contribution < 1.29 is 13.0 Å². The number of halogens is 1. The van der Waals surface area contributed by atoms with Crippen LogP contribution in [0.5, 0.6) is 0 Å². The fraction of sp³-hybridized carbons (Fsp3) is 0.667. The third-order valence-electron chi connectivity index (χ3n) is 0.481. The first-order valence-electron chi connectivity index (χ1n) is 1.68. The SMILES string of the molecule is CC(OI)C(=O)O. The van der Waals surface area contributed by atoms with Gasteiger partial charge in [-0.05, 0) is 6.92 Å². The number of hydrogen-bond acceptors (Lipinski definition) is 2. The fourth-order valence-electron chi connectivity index (χ4n) is 0.0381. The van der Waals surface area contributed by atoms with Crippen molar-refractivity contribution in [3.05, 3.63) is 0 Å². The summed E-state index contributed by atoms with van der Waals surface area (Å²) in [5.74, 6) is -0.936. The molecule has 1 unspecified atom stereocenters. The van der Waals surface area contributed by atoms with Crippen LogP contribution in [-0.4, -0.2) is 17.2 Å². The first kappa shape index (κ1) is 7.16. The molecule has 3 nitrogen and oxygen atoms in total. The molecule has 1 N–H and O–H groups in total. The number of aliphatic carboxylic acids is 1. The highest BCUT2D eigenvalue weighted by Crippen LogP contribution is 1.95. The monoisotopic (exact) mass is 216 g/mol. The number of hydrogen-bond donors (Lipinski definition) is 1. The van der Waals surface area contributed by atoms with E-state index in [0.717, 1.165) is 0 Å². The molecule has 0 fully saturated rings. The maximum atomic E-state index is 9.80. The Hall–Kier alpha value is 0.160. The minimum atomic E-state index is -0.936. The summed E-state index contributed by atoms with van der Waals surface area (Å²) in [5, 5.41) is 8.05. The van der Waals surface area contributed by atoms with Crippen LogP contribution in [-0.2, 0) is 7.86 Å². The zero-order valence-electron chi connectivity index (χ0n) is 3.72. The van der Waals surface area contributed by atoms with Gasteiger partial charge in [-0.15, -0.1) is 0 Å². The molecule has 0 aromatic rings. The van der Waals surface area contributed by atoms with Crippen LogP contribution < -0.4 is 0 Å². The molecule has 0 amide bonds. The maximum absolute atomic E-state index is 9.80. The lowest BCUT2D eigenvalue weighted by molar-refractivity contribution is -0.142. The van der Waals surface area contributed by atoms with E-state index in [-0.39, 0.29) is 0 Å². The average Bonchev–Trinajstić information content (AvgIpc) is 1.65. The van der Waals surface area contributed by atoms with Crippen molar-refractivity contribution in [3.8, 4) is 0 Å². The molecule has 0 bridgehead atoms. The van der Waals surface area contributed by atoms with Gasteiger partial charge in [-0.25, -0.2) is 4.79 Å². The van der Waals surface area contributed by atoms with E-state index in [1.165, 1.54) is 6.92 Å².